The lowest BCUT2D eigenvalue weighted by molar-refractivity contribution is -0.146. The summed E-state index contributed by atoms with van der Waals surface area (Å²) in [4.78, 5) is 13.0. The van der Waals surface area contributed by atoms with E-state index in [1.807, 2.05) is 6.92 Å². The van der Waals surface area contributed by atoms with E-state index in [0.717, 1.165) is 13.0 Å². The third-order valence-electron chi connectivity index (χ3n) is 2.93. The number of carboxylic acid groups (broad SMARTS) is 1. The first kappa shape index (κ1) is 9.52. The topological polar surface area (TPSA) is 40.5 Å². The van der Waals surface area contributed by atoms with Crippen LogP contribution in [0.25, 0.3) is 0 Å². The van der Waals surface area contributed by atoms with Gasteiger partial charge < -0.3 is 10.0 Å². The number of likely N-dealkylation sites (tertiary alicyclic amines) is 1. The highest BCUT2D eigenvalue weighted by molar-refractivity contribution is 5.70. The van der Waals surface area contributed by atoms with Crippen molar-refractivity contribution in [2.75, 3.05) is 13.6 Å². The summed E-state index contributed by atoms with van der Waals surface area (Å²) in [5.41, 5.74) is 0. The molecule has 70 valence electrons. The molecule has 0 amide bonds. The van der Waals surface area contributed by atoms with Crippen LogP contribution >= 0.6 is 0 Å². The van der Waals surface area contributed by atoms with Crippen molar-refractivity contribution in [2.45, 2.75) is 26.3 Å². The summed E-state index contributed by atoms with van der Waals surface area (Å²) in [5, 5.41) is 8.89. The van der Waals surface area contributed by atoms with Crippen LogP contribution in [0.3, 0.4) is 0 Å². The molecule has 0 saturated carbocycles. The van der Waals surface area contributed by atoms with Gasteiger partial charge >= 0.3 is 5.97 Å². The first-order chi connectivity index (χ1) is 5.52. The largest absolute Gasteiger partial charge is 0.481 e. The Morgan fingerprint density at radius 1 is 1.50 bits per heavy atom. The number of carbonyl (C=O) groups is 1. The lowest BCUT2D eigenvalue weighted by Gasteiger charge is -2.37. The van der Waals surface area contributed by atoms with E-state index in [2.05, 4.69) is 18.9 Å². The summed E-state index contributed by atoms with van der Waals surface area (Å²) in [7, 11) is 2.05. The average Bonchev–Trinajstić information content (AvgIpc) is 1.96. The van der Waals surface area contributed by atoms with Crippen molar-refractivity contribution in [1.82, 2.24) is 4.90 Å². The lowest BCUT2D eigenvalue weighted by atomic mass is 9.84. The van der Waals surface area contributed by atoms with Gasteiger partial charge in [-0.1, -0.05) is 6.92 Å². The van der Waals surface area contributed by atoms with Crippen LogP contribution in [0.4, 0.5) is 0 Å². The molecule has 3 nitrogen and oxygen atoms in total. The van der Waals surface area contributed by atoms with Gasteiger partial charge in [-0.25, -0.2) is 0 Å². The predicted octanol–water partition coefficient (Wildman–Crippen LogP) is 1.05. The number of nitrogens with zero attached hydrogens (tertiary/aromatic N) is 1. The van der Waals surface area contributed by atoms with E-state index >= 15 is 0 Å². The zero-order valence-corrected chi connectivity index (χ0v) is 7.95. The Labute approximate surface area is 73.4 Å². The molecule has 1 fully saturated rings. The van der Waals surface area contributed by atoms with Crippen molar-refractivity contribution >= 4 is 5.97 Å². The maximum absolute atomic E-state index is 10.8. The summed E-state index contributed by atoms with van der Waals surface area (Å²) < 4.78 is 0. The zero-order chi connectivity index (χ0) is 9.30. The maximum Gasteiger partial charge on any atom is 0.306 e. The van der Waals surface area contributed by atoms with Crippen molar-refractivity contribution in [3.05, 3.63) is 0 Å². The van der Waals surface area contributed by atoms with Crippen LogP contribution in [0.1, 0.15) is 20.3 Å². The first-order valence-corrected chi connectivity index (χ1v) is 4.45. The molecule has 3 heteroatoms. The molecular formula is C9H17NO2. The Hall–Kier alpha value is -0.570. The summed E-state index contributed by atoms with van der Waals surface area (Å²) >= 11 is 0. The Morgan fingerprint density at radius 3 is 2.58 bits per heavy atom. The number of carboxylic acids is 1. The summed E-state index contributed by atoms with van der Waals surface area (Å²) in [6.07, 6.45) is 0.785. The molecule has 1 heterocycles. The van der Waals surface area contributed by atoms with Crippen LogP contribution in [0.15, 0.2) is 0 Å². The standard InChI is InChI=1S/C9H17NO2/c1-6-5-10(3)7(2)4-8(6)9(11)12/h6-8H,4-5H2,1-3H3,(H,11,12). The number of rotatable bonds is 1. The summed E-state index contributed by atoms with van der Waals surface area (Å²) in [5.74, 6) is -0.498. The van der Waals surface area contributed by atoms with E-state index in [9.17, 15) is 4.79 Å². The van der Waals surface area contributed by atoms with E-state index in [1.54, 1.807) is 0 Å². The van der Waals surface area contributed by atoms with Gasteiger partial charge in [0.2, 0.25) is 0 Å². The van der Waals surface area contributed by atoms with E-state index in [0.29, 0.717) is 6.04 Å². The number of hydrogen-bond acceptors (Lipinski definition) is 2. The van der Waals surface area contributed by atoms with Crippen LogP contribution < -0.4 is 0 Å². The summed E-state index contributed by atoms with van der Waals surface area (Å²) in [6, 6.07) is 0.405. The fraction of sp³-hybridized carbons (Fsp3) is 0.889. The Bertz CT molecular complexity index is 181. The highest BCUT2D eigenvalue weighted by Gasteiger charge is 2.33. The number of aliphatic carboxylic acids is 1. The fourth-order valence-corrected chi connectivity index (χ4v) is 1.89. The normalized spacial score (nSPS) is 38.1. The molecule has 1 saturated heterocycles. The van der Waals surface area contributed by atoms with Crippen LogP contribution in [-0.2, 0) is 4.79 Å². The molecule has 1 aliphatic heterocycles. The molecule has 3 unspecified atom stereocenters. The van der Waals surface area contributed by atoms with E-state index in [4.69, 9.17) is 5.11 Å². The minimum atomic E-state index is -0.637. The highest BCUT2D eigenvalue weighted by atomic mass is 16.4. The van der Waals surface area contributed by atoms with Gasteiger partial charge in [0.15, 0.2) is 0 Å². The monoisotopic (exact) mass is 171 g/mol. The molecular weight excluding hydrogens is 154 g/mol. The molecule has 12 heavy (non-hydrogen) atoms. The van der Waals surface area contributed by atoms with Gasteiger partial charge in [0.25, 0.3) is 0 Å². The van der Waals surface area contributed by atoms with E-state index < -0.39 is 5.97 Å². The molecule has 0 radical (unpaired) electrons. The van der Waals surface area contributed by atoms with Gasteiger partial charge in [-0.15, -0.1) is 0 Å². The summed E-state index contributed by atoms with van der Waals surface area (Å²) in [6.45, 7) is 5.00. The predicted molar refractivity (Wildman–Crippen MR) is 47.0 cm³/mol. The molecule has 0 aromatic heterocycles. The second-order valence-electron chi connectivity index (χ2n) is 3.95. The van der Waals surface area contributed by atoms with Crippen LogP contribution in [-0.4, -0.2) is 35.6 Å². The number of piperidine rings is 1. The maximum atomic E-state index is 10.8. The minimum absolute atomic E-state index is 0.142. The second kappa shape index (κ2) is 3.44. The average molecular weight is 171 g/mol. The molecule has 0 aromatic rings. The molecule has 0 bridgehead atoms. The van der Waals surface area contributed by atoms with Crippen molar-refractivity contribution in [3.63, 3.8) is 0 Å². The van der Waals surface area contributed by atoms with Gasteiger partial charge in [-0.2, -0.15) is 0 Å². The van der Waals surface area contributed by atoms with E-state index in [-0.39, 0.29) is 11.8 Å². The van der Waals surface area contributed by atoms with Crippen molar-refractivity contribution in [1.29, 1.82) is 0 Å². The zero-order valence-electron chi connectivity index (χ0n) is 7.95. The quantitative estimate of drug-likeness (QED) is 0.641. The lowest BCUT2D eigenvalue weighted by Crippen LogP contribution is -2.45. The molecule has 0 aromatic carbocycles. The first-order valence-electron chi connectivity index (χ1n) is 4.45. The number of hydrogen-bond donors (Lipinski definition) is 1. The molecule has 0 aliphatic carbocycles. The SMILES string of the molecule is CC1CN(C)C(C)CC1C(=O)O. The molecule has 1 rings (SSSR count). The highest BCUT2D eigenvalue weighted by Crippen LogP contribution is 2.26. The molecule has 3 atom stereocenters. The Kier molecular flexibility index (Phi) is 2.73. The second-order valence-corrected chi connectivity index (χ2v) is 3.95. The minimum Gasteiger partial charge on any atom is -0.481 e. The van der Waals surface area contributed by atoms with Crippen molar-refractivity contribution < 1.29 is 9.90 Å². The molecule has 1 N–H and O–H groups in total. The fourth-order valence-electron chi connectivity index (χ4n) is 1.89. The van der Waals surface area contributed by atoms with Gasteiger partial charge in [-0.05, 0) is 26.3 Å². The Balaban J connectivity index is 2.61. The van der Waals surface area contributed by atoms with Crippen LogP contribution in [0.2, 0.25) is 0 Å². The third kappa shape index (κ3) is 1.78. The van der Waals surface area contributed by atoms with Gasteiger partial charge in [0, 0.05) is 12.6 Å². The van der Waals surface area contributed by atoms with Crippen LogP contribution in [0.5, 0.6) is 0 Å². The van der Waals surface area contributed by atoms with E-state index in [1.165, 1.54) is 0 Å². The van der Waals surface area contributed by atoms with Gasteiger partial charge in [-0.3, -0.25) is 4.79 Å². The third-order valence-corrected chi connectivity index (χ3v) is 2.93. The van der Waals surface area contributed by atoms with Crippen molar-refractivity contribution in [3.8, 4) is 0 Å². The Morgan fingerprint density at radius 2 is 2.08 bits per heavy atom. The molecule has 0 spiro atoms. The van der Waals surface area contributed by atoms with Gasteiger partial charge in [0.05, 0.1) is 5.92 Å². The van der Waals surface area contributed by atoms with Crippen LogP contribution in [0, 0.1) is 11.8 Å². The smallest absolute Gasteiger partial charge is 0.306 e. The van der Waals surface area contributed by atoms with Crippen molar-refractivity contribution in [2.24, 2.45) is 11.8 Å². The van der Waals surface area contributed by atoms with Gasteiger partial charge in [0.1, 0.15) is 0 Å². The molecule has 1 aliphatic rings.